The monoisotopic (exact) mass is 171 g/mol. The Morgan fingerprint density at radius 2 is 2.23 bits per heavy atom. The van der Waals surface area contributed by atoms with Crippen LogP contribution in [0.5, 0.6) is 0 Å². The molecule has 13 heavy (non-hydrogen) atoms. The van der Waals surface area contributed by atoms with Gasteiger partial charge in [-0.2, -0.15) is 5.10 Å². The number of rotatable bonds is 1. The minimum Gasteiger partial charge on any atom is -0.351 e. The van der Waals surface area contributed by atoms with Crippen LogP contribution < -0.4 is 5.32 Å². The second-order valence-electron chi connectivity index (χ2n) is 2.79. The predicted octanol–water partition coefficient (Wildman–Crippen LogP) is 1.82. The highest BCUT2D eigenvalue weighted by Gasteiger charge is 2.12. The van der Waals surface area contributed by atoms with Crippen LogP contribution >= 0.6 is 0 Å². The lowest BCUT2D eigenvalue weighted by Crippen LogP contribution is -1.91. The van der Waals surface area contributed by atoms with Gasteiger partial charge in [0.15, 0.2) is 0 Å². The zero-order valence-corrected chi connectivity index (χ0v) is 7.12. The van der Waals surface area contributed by atoms with Gasteiger partial charge in [-0.25, -0.2) is 0 Å². The number of fused-ring (bicyclic) bond motifs is 1. The van der Waals surface area contributed by atoms with Gasteiger partial charge in [-0.05, 0) is 11.6 Å². The van der Waals surface area contributed by atoms with E-state index >= 15 is 0 Å². The first-order valence-electron chi connectivity index (χ1n) is 4.02. The maximum atomic E-state index is 3.60. The number of anilines is 1. The summed E-state index contributed by atoms with van der Waals surface area (Å²) >= 11 is 0. The zero-order chi connectivity index (χ0) is 9.10. The summed E-state index contributed by atoms with van der Waals surface area (Å²) in [6, 6.07) is 8.13. The van der Waals surface area contributed by atoms with Crippen LogP contribution in [0.4, 0.5) is 5.69 Å². The summed E-state index contributed by atoms with van der Waals surface area (Å²) in [7, 11) is 0. The molecule has 64 valence electrons. The van der Waals surface area contributed by atoms with Crippen molar-refractivity contribution in [1.29, 1.82) is 0 Å². The first-order valence-corrected chi connectivity index (χ1v) is 4.02. The first-order chi connectivity index (χ1) is 6.40. The van der Waals surface area contributed by atoms with Crippen LogP contribution in [0.15, 0.2) is 40.2 Å². The van der Waals surface area contributed by atoms with Crippen molar-refractivity contribution >= 4 is 18.3 Å². The Kier molecular flexibility index (Phi) is 1.94. The van der Waals surface area contributed by atoms with Gasteiger partial charge in [-0.3, -0.25) is 0 Å². The maximum absolute atomic E-state index is 3.60. The summed E-state index contributed by atoms with van der Waals surface area (Å²) in [5.74, 6) is 2.78. The highest BCUT2D eigenvalue weighted by molar-refractivity contribution is 5.73. The molecule has 0 amide bonds. The first kappa shape index (κ1) is 7.77. The van der Waals surface area contributed by atoms with Crippen molar-refractivity contribution in [3.63, 3.8) is 0 Å². The number of nitrogens with one attached hydrogen (secondary N) is 1. The minimum atomic E-state index is 0.842. The van der Waals surface area contributed by atoms with Crippen molar-refractivity contribution in [2.45, 2.75) is 6.42 Å². The molecule has 0 saturated heterocycles. The van der Waals surface area contributed by atoms with Crippen LogP contribution in [0.25, 0.3) is 0 Å². The quantitative estimate of drug-likeness (QED) is 0.508. The van der Waals surface area contributed by atoms with Crippen LogP contribution in [-0.2, 0) is 6.42 Å². The highest BCUT2D eigenvalue weighted by atomic mass is 15.2. The van der Waals surface area contributed by atoms with Crippen molar-refractivity contribution < 1.29 is 0 Å². The van der Waals surface area contributed by atoms with E-state index in [-0.39, 0.29) is 0 Å². The smallest absolute Gasteiger partial charge is 0.0843 e. The molecule has 2 rings (SSSR count). The summed E-state index contributed by atoms with van der Waals surface area (Å²) < 4.78 is 0. The molecule has 0 radical (unpaired) electrons. The largest absolute Gasteiger partial charge is 0.351 e. The third kappa shape index (κ3) is 1.50. The molecule has 0 atom stereocenters. The standard InChI is InChI=1S/C10H9N3/c1-11-12-7-9-6-8-4-2-3-5-10(8)13-9/h2-5,13H,1,6H2. The molecule has 0 aromatic heterocycles. The normalized spacial score (nSPS) is 12.8. The van der Waals surface area contributed by atoms with E-state index in [9.17, 15) is 0 Å². The Bertz CT molecular complexity index is 373. The van der Waals surface area contributed by atoms with Crippen molar-refractivity contribution in [3.8, 4) is 0 Å². The molecule has 0 saturated carbocycles. The van der Waals surface area contributed by atoms with E-state index in [4.69, 9.17) is 0 Å². The van der Waals surface area contributed by atoms with Crippen molar-refractivity contribution in [2.75, 3.05) is 5.32 Å². The summed E-state index contributed by atoms with van der Waals surface area (Å²) in [6.07, 6.45) is 0.842. The average molecular weight is 171 g/mol. The van der Waals surface area contributed by atoms with Gasteiger partial charge < -0.3 is 5.32 Å². The molecule has 1 aromatic carbocycles. The van der Waals surface area contributed by atoms with E-state index in [2.05, 4.69) is 34.2 Å². The third-order valence-corrected chi connectivity index (χ3v) is 1.93. The lowest BCUT2D eigenvalue weighted by Gasteiger charge is -1.94. The van der Waals surface area contributed by atoms with E-state index in [0.29, 0.717) is 0 Å². The van der Waals surface area contributed by atoms with Gasteiger partial charge in [-0.1, -0.05) is 18.2 Å². The molecule has 0 fully saturated rings. The molecule has 0 spiro atoms. The molecular formula is C10H9N3. The van der Waals surface area contributed by atoms with Crippen LogP contribution in [-0.4, -0.2) is 12.6 Å². The van der Waals surface area contributed by atoms with Gasteiger partial charge in [0.25, 0.3) is 0 Å². The van der Waals surface area contributed by atoms with Crippen molar-refractivity contribution in [2.24, 2.45) is 10.2 Å². The lowest BCUT2D eigenvalue weighted by molar-refractivity contribution is 1.24. The molecule has 1 aromatic rings. The topological polar surface area (TPSA) is 36.8 Å². The van der Waals surface area contributed by atoms with Crippen molar-refractivity contribution in [3.05, 3.63) is 35.5 Å². The SMILES string of the molecule is C=NN=C=C1Cc2ccccc2N1. The van der Waals surface area contributed by atoms with Crippen molar-refractivity contribution in [1.82, 2.24) is 0 Å². The van der Waals surface area contributed by atoms with E-state index in [1.807, 2.05) is 18.2 Å². The van der Waals surface area contributed by atoms with E-state index in [0.717, 1.165) is 17.8 Å². The third-order valence-electron chi connectivity index (χ3n) is 1.93. The van der Waals surface area contributed by atoms with Gasteiger partial charge in [0.05, 0.1) is 5.70 Å². The molecular weight excluding hydrogens is 162 g/mol. The summed E-state index contributed by atoms with van der Waals surface area (Å²) in [5, 5.41) is 10.2. The Morgan fingerprint density at radius 1 is 1.38 bits per heavy atom. The number of nitrogens with zero attached hydrogens (tertiary/aromatic N) is 2. The predicted molar refractivity (Wildman–Crippen MR) is 54.3 cm³/mol. The molecule has 0 aliphatic carbocycles. The Morgan fingerprint density at radius 3 is 3.00 bits per heavy atom. The second kappa shape index (κ2) is 3.25. The van der Waals surface area contributed by atoms with Gasteiger partial charge in [-0.15, -0.1) is 5.10 Å². The van der Waals surface area contributed by atoms with Gasteiger partial charge >= 0.3 is 0 Å². The Balaban J connectivity index is 2.32. The molecule has 1 heterocycles. The Hall–Kier alpha value is -1.86. The number of hydrogen-bond acceptors (Lipinski definition) is 3. The van der Waals surface area contributed by atoms with E-state index in [1.165, 1.54) is 5.56 Å². The molecule has 3 heteroatoms. The zero-order valence-electron chi connectivity index (χ0n) is 7.12. The molecule has 1 aliphatic heterocycles. The van der Waals surface area contributed by atoms with Gasteiger partial charge in [0.1, 0.15) is 0 Å². The summed E-state index contributed by atoms with van der Waals surface area (Å²) in [6.45, 7) is 3.25. The number of hydrogen-bond donors (Lipinski definition) is 1. The Labute approximate surface area is 76.5 Å². The summed E-state index contributed by atoms with van der Waals surface area (Å²) in [4.78, 5) is 0. The number of para-hydroxylation sites is 1. The van der Waals surface area contributed by atoms with Crippen LogP contribution in [0.1, 0.15) is 5.56 Å². The number of benzene rings is 1. The van der Waals surface area contributed by atoms with Gasteiger partial charge in [0.2, 0.25) is 0 Å². The fourth-order valence-corrected chi connectivity index (χ4v) is 1.36. The molecule has 0 bridgehead atoms. The van der Waals surface area contributed by atoms with E-state index < -0.39 is 0 Å². The molecule has 0 unspecified atom stereocenters. The maximum Gasteiger partial charge on any atom is 0.0843 e. The average Bonchev–Trinajstić information content (AvgIpc) is 2.57. The highest BCUT2D eigenvalue weighted by Crippen LogP contribution is 2.25. The minimum absolute atomic E-state index is 0.842. The fraction of sp³-hybridized carbons (Fsp3) is 0.100. The van der Waals surface area contributed by atoms with Gasteiger partial charge in [0, 0.05) is 24.7 Å². The molecule has 3 nitrogen and oxygen atoms in total. The lowest BCUT2D eigenvalue weighted by atomic mass is 10.1. The van der Waals surface area contributed by atoms with Crippen LogP contribution in [0.3, 0.4) is 0 Å². The number of allylic oxidation sites excluding steroid dienone is 1. The van der Waals surface area contributed by atoms with Crippen LogP contribution in [0.2, 0.25) is 0 Å². The molecule has 1 N–H and O–H groups in total. The van der Waals surface area contributed by atoms with E-state index in [1.54, 1.807) is 0 Å². The fourth-order valence-electron chi connectivity index (χ4n) is 1.36. The molecule has 1 aliphatic rings. The van der Waals surface area contributed by atoms with Crippen LogP contribution in [0, 0.1) is 0 Å². The summed E-state index contributed by atoms with van der Waals surface area (Å²) in [5.41, 5.74) is 3.34. The second-order valence-corrected chi connectivity index (χ2v) is 2.79.